The summed E-state index contributed by atoms with van der Waals surface area (Å²) in [6, 6.07) is 10.1. The van der Waals surface area contributed by atoms with Crippen LogP contribution in [0.2, 0.25) is 5.02 Å². The molecular formula is C23H27ClN8O3. The molecule has 1 aliphatic heterocycles. The Hall–Kier alpha value is -3.70. The van der Waals surface area contributed by atoms with E-state index in [0.29, 0.717) is 41.8 Å². The Kier molecular flexibility index (Phi) is 7.78. The van der Waals surface area contributed by atoms with E-state index < -0.39 is 0 Å². The van der Waals surface area contributed by atoms with E-state index in [2.05, 4.69) is 31.2 Å². The number of carbonyl (C=O) groups is 2. The fraction of sp³-hybridized carbons (Fsp3) is 0.348. The average molecular weight is 499 g/mol. The van der Waals surface area contributed by atoms with Gasteiger partial charge >= 0.3 is 6.03 Å². The molecule has 1 fully saturated rings. The van der Waals surface area contributed by atoms with Gasteiger partial charge in [-0.25, -0.2) is 4.79 Å². The monoisotopic (exact) mass is 498 g/mol. The fourth-order valence-corrected chi connectivity index (χ4v) is 4.15. The Balaban J connectivity index is 1.43. The minimum atomic E-state index is -0.315. The molecule has 3 aromatic rings. The minimum absolute atomic E-state index is 0.130. The summed E-state index contributed by atoms with van der Waals surface area (Å²) in [7, 11) is 3.32. The first kappa shape index (κ1) is 24.4. The van der Waals surface area contributed by atoms with Gasteiger partial charge in [0.05, 0.1) is 26.0 Å². The van der Waals surface area contributed by atoms with Crippen molar-refractivity contribution in [1.82, 2.24) is 30.2 Å². The number of aromatic nitrogens is 4. The number of methoxy groups -OCH3 is 1. The molecule has 2 aromatic heterocycles. The first-order valence-corrected chi connectivity index (χ1v) is 11.5. The Bertz CT molecular complexity index is 1150. The van der Waals surface area contributed by atoms with Crippen molar-refractivity contribution in [3.8, 4) is 5.75 Å². The molecule has 1 aliphatic rings. The van der Waals surface area contributed by atoms with E-state index >= 15 is 0 Å². The lowest BCUT2D eigenvalue weighted by atomic mass is 9.88. The number of halogens is 1. The van der Waals surface area contributed by atoms with Gasteiger partial charge in [0.2, 0.25) is 5.91 Å². The smallest absolute Gasteiger partial charge is 0.319 e. The number of benzene rings is 1. The van der Waals surface area contributed by atoms with Gasteiger partial charge in [0, 0.05) is 48.5 Å². The van der Waals surface area contributed by atoms with Crippen molar-refractivity contribution >= 4 is 35.0 Å². The van der Waals surface area contributed by atoms with E-state index in [4.69, 9.17) is 16.3 Å². The summed E-state index contributed by atoms with van der Waals surface area (Å²) in [5, 5.41) is 17.0. The van der Waals surface area contributed by atoms with Gasteiger partial charge in [-0.2, -0.15) is 0 Å². The van der Waals surface area contributed by atoms with E-state index in [-0.39, 0.29) is 30.4 Å². The van der Waals surface area contributed by atoms with Gasteiger partial charge in [-0.3, -0.25) is 19.4 Å². The third-order valence-electron chi connectivity index (χ3n) is 5.73. The number of nitrogens with one attached hydrogen (secondary N) is 3. The first-order chi connectivity index (χ1) is 16.9. The summed E-state index contributed by atoms with van der Waals surface area (Å²) in [6.45, 7) is 1.36. The Morgan fingerprint density at radius 2 is 1.97 bits per heavy atom. The quantitative estimate of drug-likeness (QED) is 0.456. The van der Waals surface area contributed by atoms with Gasteiger partial charge in [0.1, 0.15) is 5.75 Å². The number of piperidine rings is 1. The molecule has 0 bridgehead atoms. The second kappa shape index (κ2) is 11.2. The van der Waals surface area contributed by atoms with Crippen molar-refractivity contribution in [3.63, 3.8) is 0 Å². The molecule has 3 N–H and O–H groups in total. The first-order valence-electron chi connectivity index (χ1n) is 11.1. The number of hydrogen-bond donors (Lipinski definition) is 3. The highest BCUT2D eigenvalue weighted by Gasteiger charge is 2.33. The number of amides is 3. The number of likely N-dealkylation sites (tertiary alicyclic amines) is 1. The summed E-state index contributed by atoms with van der Waals surface area (Å²) in [6.07, 6.45) is 3.93. The summed E-state index contributed by atoms with van der Waals surface area (Å²) in [5.74, 6) is 0.741. The van der Waals surface area contributed by atoms with Gasteiger partial charge in [-0.1, -0.05) is 16.8 Å². The zero-order valence-electron chi connectivity index (χ0n) is 19.4. The molecule has 3 amide bonds. The summed E-state index contributed by atoms with van der Waals surface area (Å²) < 4.78 is 6.75. The van der Waals surface area contributed by atoms with E-state index in [9.17, 15) is 9.59 Å². The lowest BCUT2D eigenvalue weighted by Gasteiger charge is -2.38. The van der Waals surface area contributed by atoms with Crippen LogP contribution in [0.25, 0.3) is 0 Å². The number of ether oxygens (including phenoxy) is 1. The molecule has 0 saturated carbocycles. The van der Waals surface area contributed by atoms with E-state index in [1.165, 1.54) is 4.68 Å². The zero-order chi connectivity index (χ0) is 24.8. The molecule has 1 aromatic carbocycles. The molecule has 0 radical (unpaired) electrons. The molecule has 11 nitrogen and oxygen atoms in total. The van der Waals surface area contributed by atoms with Crippen molar-refractivity contribution in [1.29, 1.82) is 0 Å². The number of urea groups is 1. The van der Waals surface area contributed by atoms with Gasteiger partial charge in [-0.05, 0) is 42.8 Å². The van der Waals surface area contributed by atoms with Gasteiger partial charge < -0.3 is 20.7 Å². The summed E-state index contributed by atoms with van der Waals surface area (Å²) >= 11 is 5.92. The van der Waals surface area contributed by atoms with Crippen LogP contribution in [0.1, 0.15) is 18.0 Å². The maximum absolute atomic E-state index is 12.7. The summed E-state index contributed by atoms with van der Waals surface area (Å²) in [4.78, 5) is 31.9. The number of rotatable bonds is 7. The molecule has 4 rings (SSSR count). The zero-order valence-corrected chi connectivity index (χ0v) is 20.2. The maximum Gasteiger partial charge on any atom is 0.319 e. The normalized spacial score (nSPS) is 18.0. The van der Waals surface area contributed by atoms with Crippen molar-refractivity contribution in [2.45, 2.75) is 18.4 Å². The molecule has 1 saturated heterocycles. The van der Waals surface area contributed by atoms with Gasteiger partial charge in [0.15, 0.2) is 5.82 Å². The Morgan fingerprint density at radius 1 is 1.17 bits per heavy atom. The van der Waals surface area contributed by atoms with Crippen LogP contribution in [0, 0.1) is 0 Å². The van der Waals surface area contributed by atoms with Crippen LogP contribution in [0.15, 0.2) is 48.8 Å². The SMILES string of the molecule is COc1ccc(C2CN(CC(=O)Nc3cn(C)nn3)CCC2NC(=O)Nc2ccc(Cl)cc2)nc1. The highest BCUT2D eigenvalue weighted by atomic mass is 35.5. The molecule has 0 aliphatic carbocycles. The number of hydrogen-bond acceptors (Lipinski definition) is 7. The van der Waals surface area contributed by atoms with Crippen LogP contribution < -0.4 is 20.7 Å². The highest BCUT2D eigenvalue weighted by molar-refractivity contribution is 6.30. The second-order valence-corrected chi connectivity index (χ2v) is 8.73. The van der Waals surface area contributed by atoms with E-state index in [1.807, 2.05) is 17.0 Å². The van der Waals surface area contributed by atoms with Crippen molar-refractivity contribution in [2.24, 2.45) is 7.05 Å². The van der Waals surface area contributed by atoms with Crippen LogP contribution in [0.4, 0.5) is 16.3 Å². The van der Waals surface area contributed by atoms with Crippen LogP contribution in [0.3, 0.4) is 0 Å². The van der Waals surface area contributed by atoms with E-state index in [0.717, 1.165) is 5.69 Å². The maximum atomic E-state index is 12.7. The van der Waals surface area contributed by atoms with Crippen molar-refractivity contribution in [2.75, 3.05) is 37.4 Å². The largest absolute Gasteiger partial charge is 0.495 e. The number of pyridine rings is 1. The molecule has 2 unspecified atom stereocenters. The third kappa shape index (κ3) is 6.67. The Morgan fingerprint density at radius 3 is 2.63 bits per heavy atom. The topological polar surface area (TPSA) is 126 Å². The van der Waals surface area contributed by atoms with Crippen LogP contribution in [-0.2, 0) is 11.8 Å². The molecule has 0 spiro atoms. The highest BCUT2D eigenvalue weighted by Crippen LogP contribution is 2.27. The van der Waals surface area contributed by atoms with Crippen molar-refractivity contribution in [3.05, 3.63) is 59.5 Å². The average Bonchev–Trinajstić information content (AvgIpc) is 3.25. The fourth-order valence-electron chi connectivity index (χ4n) is 4.03. The van der Waals surface area contributed by atoms with Crippen LogP contribution in [0.5, 0.6) is 5.75 Å². The molecule has 35 heavy (non-hydrogen) atoms. The number of anilines is 2. The summed E-state index contributed by atoms with van der Waals surface area (Å²) in [5.41, 5.74) is 1.45. The lowest BCUT2D eigenvalue weighted by molar-refractivity contribution is -0.117. The molecule has 3 heterocycles. The number of aryl methyl sites for hydroxylation is 1. The third-order valence-corrected chi connectivity index (χ3v) is 5.98. The van der Waals surface area contributed by atoms with Gasteiger partial charge in [-0.15, -0.1) is 5.10 Å². The molecule has 2 atom stereocenters. The number of carbonyl (C=O) groups excluding carboxylic acids is 2. The molecule has 184 valence electrons. The minimum Gasteiger partial charge on any atom is -0.495 e. The molecule has 12 heteroatoms. The predicted octanol–water partition coefficient (Wildman–Crippen LogP) is 2.49. The van der Waals surface area contributed by atoms with Crippen molar-refractivity contribution < 1.29 is 14.3 Å². The second-order valence-electron chi connectivity index (χ2n) is 8.29. The lowest BCUT2D eigenvalue weighted by Crippen LogP contribution is -2.52. The van der Waals surface area contributed by atoms with E-state index in [1.54, 1.807) is 50.8 Å². The number of nitrogens with zero attached hydrogens (tertiary/aromatic N) is 5. The Labute approximate surface area is 207 Å². The van der Waals surface area contributed by atoms with Crippen LogP contribution >= 0.6 is 11.6 Å². The molecular weight excluding hydrogens is 472 g/mol. The predicted molar refractivity (Wildman–Crippen MR) is 132 cm³/mol. The standard InChI is InChI=1S/C23H27ClN8O3/c1-31-13-21(29-30-31)28-22(33)14-32-10-9-20(18(12-32)19-8-7-17(35-2)11-25-19)27-23(34)26-16-5-3-15(24)4-6-16/h3-8,11,13,18,20H,9-10,12,14H2,1-2H3,(H,28,33)(H2,26,27,34). The van der Waals surface area contributed by atoms with Gasteiger partial charge in [0.25, 0.3) is 0 Å². The van der Waals surface area contributed by atoms with Crippen LogP contribution in [-0.4, -0.2) is 69.6 Å².